The summed E-state index contributed by atoms with van der Waals surface area (Å²) in [5, 5.41) is -0.00967. The highest BCUT2D eigenvalue weighted by Crippen LogP contribution is 2.45. The van der Waals surface area contributed by atoms with Crippen molar-refractivity contribution in [3.63, 3.8) is 0 Å². The molecule has 0 spiro atoms. The van der Waals surface area contributed by atoms with E-state index in [4.69, 9.17) is 38.8 Å². The van der Waals surface area contributed by atoms with E-state index in [0.29, 0.717) is 13.0 Å². The third-order valence-corrected chi connectivity index (χ3v) is 24.9. The summed E-state index contributed by atoms with van der Waals surface area (Å²) in [5.74, 6) is -0.213. The lowest BCUT2D eigenvalue weighted by Gasteiger charge is -2.44. The molecule has 7 atom stereocenters. The van der Waals surface area contributed by atoms with Crippen molar-refractivity contribution in [3.05, 3.63) is 0 Å². The molecule has 0 aliphatic carbocycles. The molecular weight excluding hydrogens is 651 g/mol. The summed E-state index contributed by atoms with van der Waals surface area (Å²) in [7, 11) is 0.384. The first-order chi connectivity index (χ1) is 20.6. The lowest BCUT2D eigenvalue weighted by atomic mass is 9.95. The van der Waals surface area contributed by atoms with Gasteiger partial charge in [-0.1, -0.05) is 94.5 Å². The van der Waals surface area contributed by atoms with E-state index in [1.54, 1.807) is 0 Å². The Labute approximate surface area is 291 Å². The topological polar surface area (TPSA) is 81.7 Å². The highest BCUT2D eigenvalue weighted by atomic mass is 32.2. The van der Waals surface area contributed by atoms with E-state index >= 15 is 0 Å². The minimum Gasteiger partial charge on any atom is -0.469 e. The van der Waals surface area contributed by atoms with Crippen molar-refractivity contribution in [1.82, 2.24) is 0 Å². The number of methoxy groups -OCH3 is 1. The number of carbonyl (C=O) groups is 1. The molecule has 270 valence electrons. The molecule has 1 aliphatic rings. The summed E-state index contributed by atoms with van der Waals surface area (Å²) >= 11 is 0.756. The van der Waals surface area contributed by atoms with Gasteiger partial charge in [0.25, 0.3) is 0 Å². The predicted octanol–water partition coefficient (Wildman–Crippen LogP) is 9.02. The first-order valence-electron chi connectivity index (χ1n) is 17.0. The summed E-state index contributed by atoms with van der Waals surface area (Å²) in [6.45, 7) is 38.5. The highest BCUT2D eigenvalue weighted by molar-refractivity contribution is 8.15. The fourth-order valence-corrected chi connectivity index (χ4v) is 8.28. The average Bonchev–Trinajstić information content (AvgIpc) is 3.18. The molecular formula is C33H69BO8SSi3. The van der Waals surface area contributed by atoms with Crippen molar-refractivity contribution in [2.75, 3.05) is 13.7 Å². The van der Waals surface area contributed by atoms with Crippen molar-refractivity contribution in [2.45, 2.75) is 187 Å². The molecule has 0 N–H and O–H groups in total. The molecule has 8 nitrogen and oxygen atoms in total. The number of carbonyl (C=O) groups excluding carboxylic acids is 1. The first-order valence-corrected chi connectivity index (χ1v) is 26.6. The van der Waals surface area contributed by atoms with E-state index in [9.17, 15) is 4.79 Å². The second-order valence-corrected chi connectivity index (χ2v) is 32.4. The molecule has 1 aliphatic heterocycles. The Morgan fingerprint density at radius 2 is 1.33 bits per heavy atom. The van der Waals surface area contributed by atoms with Gasteiger partial charge in [-0.2, -0.15) is 0 Å². The van der Waals surface area contributed by atoms with Gasteiger partial charge in [-0.05, 0) is 60.3 Å². The first kappa shape index (κ1) is 44.3. The van der Waals surface area contributed by atoms with Gasteiger partial charge in [0.15, 0.2) is 31.2 Å². The quantitative estimate of drug-likeness (QED) is 0.0831. The average molecular weight is 721 g/mol. The van der Waals surface area contributed by atoms with Gasteiger partial charge in [0.05, 0.1) is 32.3 Å². The van der Waals surface area contributed by atoms with Crippen molar-refractivity contribution < 1.29 is 36.5 Å². The summed E-state index contributed by atoms with van der Waals surface area (Å²) in [6.07, 6.45) is -1.29. The smallest absolute Gasteiger partial charge is 0.308 e. The van der Waals surface area contributed by atoms with E-state index in [-0.39, 0.29) is 51.7 Å². The van der Waals surface area contributed by atoms with Gasteiger partial charge < -0.3 is 31.7 Å². The van der Waals surface area contributed by atoms with E-state index in [1.807, 2.05) is 0 Å². The number of rotatable bonds is 17. The Balaban J connectivity index is 3.70. The third-order valence-electron chi connectivity index (χ3n) is 11.1. The summed E-state index contributed by atoms with van der Waals surface area (Å²) in [4.78, 5) is 12.2. The minimum absolute atomic E-state index is 0.0180. The van der Waals surface area contributed by atoms with Gasteiger partial charge in [-0.25, -0.2) is 0 Å². The van der Waals surface area contributed by atoms with Crippen molar-refractivity contribution in [2.24, 2.45) is 5.92 Å². The molecule has 0 bridgehead atoms. The van der Waals surface area contributed by atoms with Crippen LogP contribution in [0.1, 0.15) is 95.4 Å². The molecule has 0 amide bonds. The predicted molar refractivity (Wildman–Crippen MR) is 200 cm³/mol. The Hall–Kier alpha value is 0.296. The van der Waals surface area contributed by atoms with E-state index in [1.165, 1.54) is 7.11 Å². The molecule has 2 unspecified atom stereocenters. The molecule has 1 heterocycles. The van der Waals surface area contributed by atoms with Crippen molar-refractivity contribution >= 4 is 49.9 Å². The number of ether oxygens (including phenoxy) is 3. The lowest BCUT2D eigenvalue weighted by molar-refractivity contribution is -0.204. The second kappa shape index (κ2) is 17.0. The lowest BCUT2D eigenvalue weighted by Crippen LogP contribution is -2.55. The highest BCUT2D eigenvalue weighted by Gasteiger charge is 2.55. The Kier molecular flexibility index (Phi) is 16.4. The zero-order valence-corrected chi connectivity index (χ0v) is 36.4. The molecule has 0 aromatic heterocycles. The number of hydrogen-bond acceptors (Lipinski definition) is 9. The number of hydrogen-bond donors (Lipinski definition) is 0. The fourth-order valence-electron chi connectivity index (χ4n) is 4.36. The molecule has 1 rings (SSSR count). The van der Waals surface area contributed by atoms with E-state index in [0.717, 1.165) is 18.3 Å². The van der Waals surface area contributed by atoms with Crippen LogP contribution in [0.2, 0.25) is 54.4 Å². The maximum absolute atomic E-state index is 12.2. The van der Waals surface area contributed by atoms with Gasteiger partial charge in [0, 0.05) is 6.42 Å². The van der Waals surface area contributed by atoms with Gasteiger partial charge in [-0.15, -0.1) is 0 Å². The molecule has 46 heavy (non-hydrogen) atoms. The summed E-state index contributed by atoms with van der Waals surface area (Å²) in [6, 6.07) is 0. The van der Waals surface area contributed by atoms with Gasteiger partial charge >= 0.3 is 5.97 Å². The zero-order chi connectivity index (χ0) is 36.1. The molecule has 0 aromatic carbocycles. The maximum atomic E-state index is 12.2. The molecule has 13 heteroatoms. The van der Waals surface area contributed by atoms with E-state index in [2.05, 4.69) is 115 Å². The summed E-state index contributed by atoms with van der Waals surface area (Å²) in [5.41, 5.74) is 0. The third kappa shape index (κ3) is 12.3. The Morgan fingerprint density at radius 3 is 1.74 bits per heavy atom. The van der Waals surface area contributed by atoms with Gasteiger partial charge in [0.1, 0.15) is 18.3 Å². The van der Waals surface area contributed by atoms with Crippen molar-refractivity contribution in [1.29, 1.82) is 0 Å². The van der Waals surface area contributed by atoms with Crippen LogP contribution in [0.4, 0.5) is 0 Å². The minimum atomic E-state index is -2.31. The molecule has 1 fully saturated rings. The molecule has 2 radical (unpaired) electrons. The second-order valence-electron chi connectivity index (χ2n) is 17.7. The van der Waals surface area contributed by atoms with Crippen LogP contribution in [0.5, 0.6) is 0 Å². The number of esters is 1. The molecule has 0 saturated carbocycles. The standard InChI is InChI=1S/C33H69BO8SSi3/c1-19-23(2)25(20-24(40-43-34)21-27(35)36-12)38-30-29(42-46(17,18)33(9,10)11)28(41-45(15,16)32(6,7)8)26(39-30)22-37-44(13,14)31(3,4)5/h23-26,28-30H,19-22H2,1-18H3/t23-,24-,25-,26-,28?,29?,30+/m0/s1. The van der Waals surface area contributed by atoms with Crippen LogP contribution in [0.25, 0.3) is 0 Å². The fraction of sp³-hybridized carbons (Fsp3) is 0.970. The molecule has 1 saturated heterocycles. The normalized spacial score (nSPS) is 24.1. The Bertz CT molecular complexity index is 949. The zero-order valence-electron chi connectivity index (χ0n) is 32.6. The SMILES string of the molecule is [B]SO[C@H](CC(=O)OC)C[C@H](O[C@@H]1O[C@@H](CO[Si](C)(C)C(C)(C)C)C(O[Si](C)(C)C(C)(C)C)C1O[Si](C)(C)C(C)(C)C)[C@@H](C)CC. The van der Waals surface area contributed by atoms with E-state index < -0.39 is 43.5 Å². The summed E-state index contributed by atoms with van der Waals surface area (Å²) < 4.78 is 45.8. The van der Waals surface area contributed by atoms with Crippen LogP contribution in [-0.4, -0.2) is 88.6 Å². The van der Waals surface area contributed by atoms with Gasteiger partial charge in [0.2, 0.25) is 7.12 Å². The van der Waals surface area contributed by atoms with Crippen LogP contribution >= 0.6 is 11.9 Å². The van der Waals surface area contributed by atoms with Gasteiger partial charge in [-0.3, -0.25) is 4.79 Å². The van der Waals surface area contributed by atoms with Crippen LogP contribution in [-0.2, 0) is 36.5 Å². The maximum Gasteiger partial charge on any atom is 0.308 e. The van der Waals surface area contributed by atoms with Crippen molar-refractivity contribution in [3.8, 4) is 0 Å². The van der Waals surface area contributed by atoms with Crippen LogP contribution in [0.3, 0.4) is 0 Å². The van der Waals surface area contributed by atoms with Crippen LogP contribution in [0.15, 0.2) is 0 Å². The van der Waals surface area contributed by atoms with Crippen LogP contribution < -0.4 is 0 Å². The van der Waals surface area contributed by atoms with Crippen LogP contribution in [0, 0.1) is 5.92 Å². The largest absolute Gasteiger partial charge is 0.469 e. The monoisotopic (exact) mass is 720 g/mol. The Morgan fingerprint density at radius 1 is 0.848 bits per heavy atom. The molecule has 0 aromatic rings.